The number of sulfonamides is 1. The Bertz CT molecular complexity index is 729. The van der Waals surface area contributed by atoms with Crippen LogP contribution in [-0.4, -0.2) is 15.5 Å². The Morgan fingerprint density at radius 1 is 1.10 bits per heavy atom. The number of benzene rings is 2. The van der Waals surface area contributed by atoms with E-state index in [2.05, 4.69) is 0 Å². The lowest BCUT2D eigenvalue weighted by molar-refractivity contribution is 0.589. The van der Waals surface area contributed by atoms with Gasteiger partial charge in [0.05, 0.1) is 10.7 Å². The number of anilines is 1. The highest BCUT2D eigenvalue weighted by atomic mass is 35.5. The molecule has 0 heterocycles. The predicted octanol–water partition coefficient (Wildman–Crippen LogP) is 3.61. The second-order valence-corrected chi connectivity index (χ2v) is 6.73. The van der Waals surface area contributed by atoms with Crippen LogP contribution >= 0.6 is 11.6 Å². The molecular formula is C14H13ClFNO2S. The molecule has 106 valence electrons. The molecule has 0 bridgehead atoms. The van der Waals surface area contributed by atoms with Crippen molar-refractivity contribution in [3.63, 3.8) is 0 Å². The summed E-state index contributed by atoms with van der Waals surface area (Å²) in [7, 11) is -2.49. The fourth-order valence-corrected chi connectivity index (χ4v) is 3.40. The highest BCUT2D eigenvalue weighted by molar-refractivity contribution is 7.93. The number of rotatable bonds is 3. The molecule has 0 saturated heterocycles. The Balaban J connectivity index is 2.49. The fraction of sp³-hybridized carbons (Fsp3) is 0.143. The largest absolute Gasteiger partial charge is 0.269 e. The fourth-order valence-electron chi connectivity index (χ4n) is 1.72. The summed E-state index contributed by atoms with van der Waals surface area (Å²) in [5, 5.41) is -0.00892. The number of hydrogen-bond donors (Lipinski definition) is 0. The molecule has 0 aliphatic carbocycles. The van der Waals surface area contributed by atoms with Crippen LogP contribution in [0.25, 0.3) is 0 Å². The van der Waals surface area contributed by atoms with Crippen molar-refractivity contribution in [3.05, 3.63) is 58.9 Å². The molecule has 0 spiro atoms. The van der Waals surface area contributed by atoms with Gasteiger partial charge in [-0.05, 0) is 37.3 Å². The zero-order valence-electron chi connectivity index (χ0n) is 11.0. The van der Waals surface area contributed by atoms with E-state index in [0.29, 0.717) is 5.69 Å². The summed E-state index contributed by atoms with van der Waals surface area (Å²) >= 11 is 5.86. The van der Waals surface area contributed by atoms with E-state index >= 15 is 0 Å². The van der Waals surface area contributed by atoms with Crippen LogP contribution in [0, 0.1) is 12.7 Å². The first kappa shape index (κ1) is 14.8. The first-order valence-corrected chi connectivity index (χ1v) is 7.65. The minimum atomic E-state index is -3.90. The van der Waals surface area contributed by atoms with Gasteiger partial charge in [-0.15, -0.1) is 0 Å². The van der Waals surface area contributed by atoms with Gasteiger partial charge in [-0.3, -0.25) is 4.31 Å². The van der Waals surface area contributed by atoms with E-state index < -0.39 is 15.8 Å². The minimum Gasteiger partial charge on any atom is -0.269 e. The lowest BCUT2D eigenvalue weighted by Crippen LogP contribution is -2.26. The Morgan fingerprint density at radius 2 is 1.70 bits per heavy atom. The molecule has 2 rings (SSSR count). The van der Waals surface area contributed by atoms with Gasteiger partial charge in [0, 0.05) is 7.05 Å². The summed E-state index contributed by atoms with van der Waals surface area (Å²) in [6.07, 6.45) is 0. The minimum absolute atomic E-state index is 0.00892. The van der Waals surface area contributed by atoms with Gasteiger partial charge in [-0.2, -0.15) is 0 Å². The lowest BCUT2D eigenvalue weighted by atomic mass is 10.2. The number of halogens is 2. The molecule has 0 amide bonds. The second kappa shape index (κ2) is 5.42. The summed E-state index contributed by atoms with van der Waals surface area (Å²) in [5.41, 5.74) is 1.50. The summed E-state index contributed by atoms with van der Waals surface area (Å²) in [4.78, 5) is -0.248. The molecule has 2 aromatic rings. The van der Waals surface area contributed by atoms with Crippen LogP contribution in [0.4, 0.5) is 10.1 Å². The van der Waals surface area contributed by atoms with Crippen molar-refractivity contribution in [1.29, 1.82) is 0 Å². The smallest absolute Gasteiger partial charge is 0.265 e. The topological polar surface area (TPSA) is 37.4 Å². The van der Waals surface area contributed by atoms with Crippen molar-refractivity contribution in [2.45, 2.75) is 11.8 Å². The Morgan fingerprint density at radius 3 is 2.30 bits per heavy atom. The van der Waals surface area contributed by atoms with Gasteiger partial charge in [0.15, 0.2) is 0 Å². The van der Waals surface area contributed by atoms with Crippen LogP contribution < -0.4 is 4.31 Å². The van der Waals surface area contributed by atoms with Crippen LogP contribution in [0.2, 0.25) is 5.02 Å². The van der Waals surface area contributed by atoms with Crippen LogP contribution in [0.3, 0.4) is 0 Å². The standard InChI is InChI=1S/C14H13ClFNO2S/c1-10-3-6-12(7-4-10)17(2)20(18,19)14-9-11(16)5-8-13(14)15/h3-9H,1-2H3. The van der Waals surface area contributed by atoms with Crippen molar-refractivity contribution in [3.8, 4) is 0 Å². The maximum Gasteiger partial charge on any atom is 0.265 e. The Labute approximate surface area is 122 Å². The zero-order chi connectivity index (χ0) is 14.9. The molecule has 0 saturated carbocycles. The molecule has 0 radical (unpaired) electrons. The van der Waals surface area contributed by atoms with Crippen LogP contribution in [0.15, 0.2) is 47.4 Å². The first-order chi connectivity index (χ1) is 9.32. The average Bonchev–Trinajstić information content (AvgIpc) is 2.41. The predicted molar refractivity (Wildman–Crippen MR) is 78.2 cm³/mol. The molecule has 0 N–H and O–H groups in total. The Hall–Kier alpha value is -1.59. The van der Waals surface area contributed by atoms with Crippen molar-refractivity contribution >= 4 is 27.3 Å². The molecule has 0 fully saturated rings. The molecule has 0 atom stereocenters. The summed E-state index contributed by atoms with van der Waals surface area (Å²) in [6, 6.07) is 10.2. The molecule has 0 aromatic heterocycles. The van der Waals surface area contributed by atoms with Gasteiger partial charge in [0.1, 0.15) is 10.7 Å². The molecule has 6 heteroatoms. The summed E-state index contributed by atoms with van der Waals surface area (Å²) in [6.45, 7) is 1.90. The summed E-state index contributed by atoms with van der Waals surface area (Å²) in [5.74, 6) is -0.648. The first-order valence-electron chi connectivity index (χ1n) is 5.83. The molecule has 0 aliphatic heterocycles. The molecule has 0 unspecified atom stereocenters. The van der Waals surface area contributed by atoms with Crippen LogP contribution in [0.5, 0.6) is 0 Å². The van der Waals surface area contributed by atoms with Crippen molar-refractivity contribution < 1.29 is 12.8 Å². The lowest BCUT2D eigenvalue weighted by Gasteiger charge is -2.20. The maximum atomic E-state index is 13.3. The van der Waals surface area contributed by atoms with Crippen molar-refractivity contribution in [1.82, 2.24) is 0 Å². The van der Waals surface area contributed by atoms with Crippen LogP contribution in [0.1, 0.15) is 5.56 Å². The van der Waals surface area contributed by atoms with E-state index in [4.69, 9.17) is 11.6 Å². The quantitative estimate of drug-likeness (QED) is 0.868. The van der Waals surface area contributed by atoms with E-state index in [1.54, 1.807) is 24.3 Å². The number of nitrogens with zero attached hydrogens (tertiary/aromatic N) is 1. The van der Waals surface area contributed by atoms with Gasteiger partial charge >= 0.3 is 0 Å². The van der Waals surface area contributed by atoms with E-state index in [1.165, 1.54) is 13.1 Å². The van der Waals surface area contributed by atoms with Gasteiger partial charge in [-0.1, -0.05) is 29.3 Å². The third-order valence-electron chi connectivity index (χ3n) is 2.93. The monoisotopic (exact) mass is 313 g/mol. The third kappa shape index (κ3) is 2.78. The molecule has 2 aromatic carbocycles. The average molecular weight is 314 g/mol. The van der Waals surface area contributed by atoms with E-state index in [9.17, 15) is 12.8 Å². The highest BCUT2D eigenvalue weighted by Crippen LogP contribution is 2.28. The zero-order valence-corrected chi connectivity index (χ0v) is 12.5. The van der Waals surface area contributed by atoms with E-state index in [0.717, 1.165) is 22.0 Å². The maximum absolute atomic E-state index is 13.3. The van der Waals surface area contributed by atoms with Crippen LogP contribution in [-0.2, 0) is 10.0 Å². The second-order valence-electron chi connectivity index (χ2n) is 4.38. The van der Waals surface area contributed by atoms with Gasteiger partial charge in [-0.25, -0.2) is 12.8 Å². The normalized spacial score (nSPS) is 11.4. The van der Waals surface area contributed by atoms with E-state index in [-0.39, 0.29) is 9.92 Å². The van der Waals surface area contributed by atoms with Crippen molar-refractivity contribution in [2.75, 3.05) is 11.4 Å². The van der Waals surface area contributed by atoms with Gasteiger partial charge in [0.2, 0.25) is 0 Å². The highest BCUT2D eigenvalue weighted by Gasteiger charge is 2.24. The van der Waals surface area contributed by atoms with Crippen molar-refractivity contribution in [2.24, 2.45) is 0 Å². The van der Waals surface area contributed by atoms with Gasteiger partial charge < -0.3 is 0 Å². The third-order valence-corrected chi connectivity index (χ3v) is 5.20. The number of hydrogen-bond acceptors (Lipinski definition) is 2. The SMILES string of the molecule is Cc1ccc(N(C)S(=O)(=O)c2cc(F)ccc2Cl)cc1. The molecule has 0 aliphatic rings. The summed E-state index contributed by atoms with van der Waals surface area (Å²) < 4.78 is 39.3. The molecular weight excluding hydrogens is 301 g/mol. The number of aryl methyl sites for hydroxylation is 1. The molecule has 3 nitrogen and oxygen atoms in total. The molecule has 20 heavy (non-hydrogen) atoms. The van der Waals surface area contributed by atoms with E-state index in [1.807, 2.05) is 6.92 Å². The Kier molecular flexibility index (Phi) is 4.01. The van der Waals surface area contributed by atoms with Gasteiger partial charge in [0.25, 0.3) is 10.0 Å².